The van der Waals surface area contributed by atoms with Gasteiger partial charge in [-0.3, -0.25) is 4.79 Å². The van der Waals surface area contributed by atoms with E-state index < -0.39 is 0 Å². The van der Waals surface area contributed by atoms with Gasteiger partial charge in [0.15, 0.2) is 0 Å². The molecule has 2 fully saturated rings. The zero-order valence-corrected chi connectivity index (χ0v) is 10.5. The summed E-state index contributed by atoms with van der Waals surface area (Å²) in [6.07, 6.45) is 7.66. The molecule has 17 heavy (non-hydrogen) atoms. The Morgan fingerprint density at radius 1 is 1.18 bits per heavy atom. The van der Waals surface area contributed by atoms with E-state index in [9.17, 15) is 9.90 Å². The number of rotatable bonds is 3. The second-order valence-corrected chi connectivity index (χ2v) is 5.34. The van der Waals surface area contributed by atoms with Gasteiger partial charge in [-0.2, -0.15) is 0 Å². The molecule has 1 heterocycles. The van der Waals surface area contributed by atoms with Crippen LogP contribution in [0.3, 0.4) is 0 Å². The fourth-order valence-electron chi connectivity index (χ4n) is 2.98. The SMILES string of the molecule is O=C(NC1CCCCC1CO)C1CCCCN1. The van der Waals surface area contributed by atoms with Gasteiger partial charge in [-0.1, -0.05) is 19.3 Å². The zero-order chi connectivity index (χ0) is 12.1. The number of aliphatic hydroxyl groups is 1. The van der Waals surface area contributed by atoms with Crippen molar-refractivity contribution in [2.45, 2.75) is 57.0 Å². The molecule has 0 aromatic carbocycles. The van der Waals surface area contributed by atoms with Crippen molar-refractivity contribution >= 4 is 5.91 Å². The van der Waals surface area contributed by atoms with Crippen LogP contribution in [0.15, 0.2) is 0 Å². The molecule has 0 radical (unpaired) electrons. The fourth-order valence-corrected chi connectivity index (χ4v) is 2.98. The largest absolute Gasteiger partial charge is 0.396 e. The monoisotopic (exact) mass is 240 g/mol. The minimum atomic E-state index is -0.00924. The lowest BCUT2D eigenvalue weighted by atomic mass is 9.85. The van der Waals surface area contributed by atoms with E-state index in [1.807, 2.05) is 0 Å². The fraction of sp³-hybridized carbons (Fsp3) is 0.923. The van der Waals surface area contributed by atoms with E-state index in [0.29, 0.717) is 0 Å². The van der Waals surface area contributed by atoms with Gasteiger partial charge in [0.1, 0.15) is 0 Å². The summed E-state index contributed by atoms with van der Waals surface area (Å²) >= 11 is 0. The molecule has 2 rings (SSSR count). The average Bonchev–Trinajstić information content (AvgIpc) is 2.40. The highest BCUT2D eigenvalue weighted by Gasteiger charge is 2.28. The second-order valence-electron chi connectivity index (χ2n) is 5.34. The van der Waals surface area contributed by atoms with E-state index in [0.717, 1.165) is 32.2 Å². The summed E-state index contributed by atoms with van der Waals surface area (Å²) in [7, 11) is 0. The van der Waals surface area contributed by atoms with Crippen molar-refractivity contribution in [3.05, 3.63) is 0 Å². The Balaban J connectivity index is 1.83. The quantitative estimate of drug-likeness (QED) is 0.683. The number of hydrogen-bond acceptors (Lipinski definition) is 3. The molecule has 4 heteroatoms. The summed E-state index contributed by atoms with van der Waals surface area (Å²) in [6, 6.07) is 0.176. The normalized spacial score (nSPS) is 34.3. The first kappa shape index (κ1) is 12.8. The molecule has 3 atom stereocenters. The molecule has 1 saturated carbocycles. The Bertz CT molecular complexity index is 252. The first-order valence-electron chi connectivity index (χ1n) is 6.96. The number of aliphatic hydroxyl groups excluding tert-OH is 1. The standard InChI is InChI=1S/C13H24N2O2/c16-9-10-5-1-2-6-11(10)15-13(17)12-7-3-4-8-14-12/h10-12,14,16H,1-9H2,(H,15,17). The van der Waals surface area contributed by atoms with Crippen molar-refractivity contribution in [3.8, 4) is 0 Å². The summed E-state index contributed by atoms with van der Waals surface area (Å²) in [5, 5.41) is 15.7. The van der Waals surface area contributed by atoms with Crippen LogP contribution in [0.25, 0.3) is 0 Å². The van der Waals surface area contributed by atoms with E-state index in [2.05, 4.69) is 10.6 Å². The predicted molar refractivity (Wildman–Crippen MR) is 66.6 cm³/mol. The highest BCUT2D eigenvalue weighted by atomic mass is 16.3. The van der Waals surface area contributed by atoms with Gasteiger partial charge in [0.05, 0.1) is 6.04 Å². The Kier molecular flexibility index (Phi) is 4.80. The number of carbonyl (C=O) groups excluding carboxylic acids is 1. The highest BCUT2D eigenvalue weighted by molar-refractivity contribution is 5.82. The van der Waals surface area contributed by atoms with Gasteiger partial charge in [-0.25, -0.2) is 0 Å². The number of nitrogens with one attached hydrogen (secondary N) is 2. The average molecular weight is 240 g/mol. The molecule has 1 saturated heterocycles. The molecule has 0 bridgehead atoms. The molecular formula is C13H24N2O2. The number of amides is 1. The predicted octanol–water partition coefficient (Wildman–Crippen LogP) is 0.796. The molecule has 0 aromatic rings. The second kappa shape index (κ2) is 6.36. The third-order valence-electron chi connectivity index (χ3n) is 4.10. The van der Waals surface area contributed by atoms with E-state index in [-0.39, 0.29) is 30.5 Å². The molecule has 1 amide bonds. The topological polar surface area (TPSA) is 61.4 Å². The first-order valence-corrected chi connectivity index (χ1v) is 6.96. The van der Waals surface area contributed by atoms with E-state index >= 15 is 0 Å². The summed E-state index contributed by atoms with van der Waals surface area (Å²) in [5.41, 5.74) is 0. The Morgan fingerprint density at radius 2 is 1.94 bits per heavy atom. The molecule has 4 nitrogen and oxygen atoms in total. The van der Waals surface area contributed by atoms with E-state index in [1.54, 1.807) is 0 Å². The van der Waals surface area contributed by atoms with E-state index in [1.165, 1.54) is 19.3 Å². The van der Waals surface area contributed by atoms with Crippen LogP contribution in [-0.2, 0) is 4.79 Å². The van der Waals surface area contributed by atoms with Gasteiger partial charge in [0, 0.05) is 18.6 Å². The molecule has 1 aliphatic carbocycles. The molecular weight excluding hydrogens is 216 g/mol. The van der Waals surface area contributed by atoms with Gasteiger partial charge in [-0.15, -0.1) is 0 Å². The smallest absolute Gasteiger partial charge is 0.237 e. The maximum atomic E-state index is 12.1. The third-order valence-corrected chi connectivity index (χ3v) is 4.10. The van der Waals surface area contributed by atoms with Crippen molar-refractivity contribution in [3.63, 3.8) is 0 Å². The summed E-state index contributed by atoms with van der Waals surface area (Å²) in [6.45, 7) is 1.15. The Hall–Kier alpha value is -0.610. The molecule has 3 N–H and O–H groups in total. The minimum Gasteiger partial charge on any atom is -0.396 e. The lowest BCUT2D eigenvalue weighted by molar-refractivity contribution is -0.125. The molecule has 98 valence electrons. The highest BCUT2D eigenvalue weighted by Crippen LogP contribution is 2.24. The molecule has 3 unspecified atom stereocenters. The summed E-state index contributed by atoms with van der Waals surface area (Å²) in [5.74, 6) is 0.395. The van der Waals surface area contributed by atoms with Gasteiger partial charge < -0.3 is 15.7 Å². The van der Waals surface area contributed by atoms with Gasteiger partial charge in [0.2, 0.25) is 5.91 Å². The summed E-state index contributed by atoms with van der Waals surface area (Å²) < 4.78 is 0. The van der Waals surface area contributed by atoms with Crippen molar-refractivity contribution in [1.82, 2.24) is 10.6 Å². The van der Waals surface area contributed by atoms with Crippen LogP contribution in [-0.4, -0.2) is 36.2 Å². The maximum Gasteiger partial charge on any atom is 0.237 e. The van der Waals surface area contributed by atoms with Crippen LogP contribution in [0, 0.1) is 5.92 Å². The van der Waals surface area contributed by atoms with Crippen LogP contribution < -0.4 is 10.6 Å². The lowest BCUT2D eigenvalue weighted by Gasteiger charge is -2.33. The van der Waals surface area contributed by atoms with Gasteiger partial charge >= 0.3 is 0 Å². The van der Waals surface area contributed by atoms with Crippen molar-refractivity contribution in [2.24, 2.45) is 5.92 Å². The van der Waals surface area contributed by atoms with Crippen LogP contribution in [0.1, 0.15) is 44.9 Å². The molecule has 0 spiro atoms. The van der Waals surface area contributed by atoms with Crippen LogP contribution >= 0.6 is 0 Å². The molecule has 2 aliphatic rings. The van der Waals surface area contributed by atoms with Gasteiger partial charge in [-0.05, 0) is 32.2 Å². The number of piperidine rings is 1. The minimum absolute atomic E-state index is 0.00924. The van der Waals surface area contributed by atoms with Gasteiger partial charge in [0.25, 0.3) is 0 Å². The van der Waals surface area contributed by atoms with Crippen molar-refractivity contribution in [1.29, 1.82) is 0 Å². The molecule has 1 aliphatic heterocycles. The zero-order valence-electron chi connectivity index (χ0n) is 10.5. The van der Waals surface area contributed by atoms with Crippen molar-refractivity contribution < 1.29 is 9.90 Å². The number of carbonyl (C=O) groups is 1. The summed E-state index contributed by atoms with van der Waals surface area (Å²) in [4.78, 5) is 12.1. The van der Waals surface area contributed by atoms with Crippen LogP contribution in [0.4, 0.5) is 0 Å². The van der Waals surface area contributed by atoms with Crippen molar-refractivity contribution in [2.75, 3.05) is 13.2 Å². The lowest BCUT2D eigenvalue weighted by Crippen LogP contribution is -2.52. The first-order chi connectivity index (χ1) is 8.31. The maximum absolute atomic E-state index is 12.1. The Labute approximate surface area is 103 Å². The molecule has 0 aromatic heterocycles. The van der Waals surface area contributed by atoms with Crippen LogP contribution in [0.2, 0.25) is 0 Å². The van der Waals surface area contributed by atoms with E-state index in [4.69, 9.17) is 0 Å². The Morgan fingerprint density at radius 3 is 2.65 bits per heavy atom. The van der Waals surface area contributed by atoms with Crippen LogP contribution in [0.5, 0.6) is 0 Å². The number of hydrogen-bond donors (Lipinski definition) is 3. The third kappa shape index (κ3) is 3.42.